The molecule has 19 heavy (non-hydrogen) atoms. The number of nitrogens with two attached hydrogens (primary N) is 1. The minimum absolute atomic E-state index is 0.0514. The van der Waals surface area contributed by atoms with Crippen molar-refractivity contribution in [3.8, 4) is 5.75 Å². The molecule has 2 N–H and O–H groups in total. The number of aromatic nitrogens is 1. The van der Waals surface area contributed by atoms with Crippen molar-refractivity contribution < 1.29 is 4.74 Å². The van der Waals surface area contributed by atoms with E-state index in [-0.39, 0.29) is 6.04 Å². The summed E-state index contributed by atoms with van der Waals surface area (Å²) in [6.07, 6.45) is 3.55. The molecule has 1 aromatic heterocycles. The lowest BCUT2D eigenvalue weighted by Crippen LogP contribution is -2.26. The Labute approximate surface area is 114 Å². The maximum absolute atomic E-state index is 6.17. The van der Waals surface area contributed by atoms with Crippen LogP contribution in [-0.2, 0) is 5.60 Å². The van der Waals surface area contributed by atoms with Gasteiger partial charge in [-0.2, -0.15) is 0 Å². The van der Waals surface area contributed by atoms with Gasteiger partial charge in [0.05, 0.1) is 0 Å². The van der Waals surface area contributed by atoms with Gasteiger partial charge in [0.25, 0.3) is 0 Å². The number of rotatable bonds is 4. The Morgan fingerprint density at radius 1 is 1.11 bits per heavy atom. The van der Waals surface area contributed by atoms with E-state index in [0.717, 1.165) is 16.9 Å². The number of hydrogen-bond acceptors (Lipinski definition) is 3. The highest BCUT2D eigenvalue weighted by Gasteiger charge is 2.24. The third-order valence-electron chi connectivity index (χ3n) is 3.15. The summed E-state index contributed by atoms with van der Waals surface area (Å²) in [5, 5.41) is 0. The number of para-hydroxylation sites is 1. The molecule has 0 radical (unpaired) electrons. The lowest BCUT2D eigenvalue weighted by atomic mass is 9.99. The number of pyridine rings is 1. The van der Waals surface area contributed by atoms with Gasteiger partial charge < -0.3 is 10.5 Å². The van der Waals surface area contributed by atoms with Crippen molar-refractivity contribution in [2.75, 3.05) is 0 Å². The molecule has 0 aliphatic rings. The largest absolute Gasteiger partial charge is 0.483 e. The second-order valence-electron chi connectivity index (χ2n) is 5.17. The molecule has 0 amide bonds. The summed E-state index contributed by atoms with van der Waals surface area (Å²) in [4.78, 5) is 4.04. The van der Waals surface area contributed by atoms with Crippen LogP contribution in [0, 0.1) is 0 Å². The SMILES string of the molecule is CC(N)c1ccccc1OC(C)(C)c1ccncc1. The Hall–Kier alpha value is -1.87. The molecule has 1 heterocycles. The van der Waals surface area contributed by atoms with Crippen LogP contribution in [0.25, 0.3) is 0 Å². The van der Waals surface area contributed by atoms with E-state index < -0.39 is 5.60 Å². The highest BCUT2D eigenvalue weighted by Crippen LogP contribution is 2.31. The Balaban J connectivity index is 2.31. The van der Waals surface area contributed by atoms with Gasteiger partial charge in [-0.25, -0.2) is 0 Å². The van der Waals surface area contributed by atoms with Gasteiger partial charge in [-0.05, 0) is 44.5 Å². The van der Waals surface area contributed by atoms with E-state index in [0.29, 0.717) is 0 Å². The molecule has 100 valence electrons. The molecule has 1 unspecified atom stereocenters. The molecular formula is C16H20N2O. The molecule has 0 spiro atoms. The molecule has 1 atom stereocenters. The molecule has 0 bridgehead atoms. The zero-order valence-corrected chi connectivity index (χ0v) is 11.6. The van der Waals surface area contributed by atoms with Crippen molar-refractivity contribution >= 4 is 0 Å². The third kappa shape index (κ3) is 3.12. The first-order valence-electron chi connectivity index (χ1n) is 6.45. The van der Waals surface area contributed by atoms with Gasteiger partial charge in [-0.15, -0.1) is 0 Å². The fourth-order valence-corrected chi connectivity index (χ4v) is 2.04. The summed E-state index contributed by atoms with van der Waals surface area (Å²) in [7, 11) is 0. The standard InChI is InChI=1S/C16H20N2O/c1-12(17)14-6-4-5-7-15(14)19-16(2,3)13-8-10-18-11-9-13/h4-12H,17H2,1-3H3. The van der Waals surface area contributed by atoms with Crippen LogP contribution in [0.3, 0.4) is 0 Å². The zero-order chi connectivity index (χ0) is 13.9. The average Bonchev–Trinajstić information content (AvgIpc) is 2.39. The van der Waals surface area contributed by atoms with Crippen LogP contribution in [0.15, 0.2) is 48.8 Å². The third-order valence-corrected chi connectivity index (χ3v) is 3.15. The predicted molar refractivity (Wildman–Crippen MR) is 76.9 cm³/mol. The van der Waals surface area contributed by atoms with Gasteiger partial charge in [-0.1, -0.05) is 18.2 Å². The van der Waals surface area contributed by atoms with Crippen molar-refractivity contribution in [3.05, 3.63) is 59.9 Å². The Kier molecular flexibility index (Phi) is 3.86. The monoisotopic (exact) mass is 256 g/mol. The number of nitrogens with zero attached hydrogens (tertiary/aromatic N) is 1. The molecule has 2 rings (SSSR count). The van der Waals surface area contributed by atoms with Gasteiger partial charge in [-0.3, -0.25) is 4.98 Å². The van der Waals surface area contributed by atoms with Crippen LogP contribution in [0.5, 0.6) is 5.75 Å². The molecule has 0 aliphatic carbocycles. The number of ether oxygens (including phenoxy) is 1. The van der Waals surface area contributed by atoms with E-state index in [2.05, 4.69) is 4.98 Å². The fraction of sp³-hybridized carbons (Fsp3) is 0.312. The molecule has 0 fully saturated rings. The molecule has 0 saturated carbocycles. The quantitative estimate of drug-likeness (QED) is 0.911. The summed E-state index contributed by atoms with van der Waals surface area (Å²) < 4.78 is 6.17. The lowest BCUT2D eigenvalue weighted by molar-refractivity contribution is 0.107. The van der Waals surface area contributed by atoms with Crippen LogP contribution in [0.4, 0.5) is 0 Å². The van der Waals surface area contributed by atoms with Crippen LogP contribution < -0.4 is 10.5 Å². The maximum atomic E-state index is 6.17. The molecule has 2 aromatic rings. The minimum atomic E-state index is -0.423. The van der Waals surface area contributed by atoms with E-state index in [1.165, 1.54) is 0 Å². The van der Waals surface area contributed by atoms with Gasteiger partial charge in [0.1, 0.15) is 11.4 Å². The normalized spacial score (nSPS) is 13.1. The molecule has 0 saturated heterocycles. The molecule has 1 aromatic carbocycles. The summed E-state index contributed by atoms with van der Waals surface area (Å²) in [6, 6.07) is 11.8. The molecule has 3 heteroatoms. The second kappa shape index (κ2) is 5.41. The highest BCUT2D eigenvalue weighted by atomic mass is 16.5. The van der Waals surface area contributed by atoms with Crippen LogP contribution in [0.2, 0.25) is 0 Å². The summed E-state index contributed by atoms with van der Waals surface area (Å²) in [5.41, 5.74) is 7.66. The van der Waals surface area contributed by atoms with E-state index in [1.807, 2.05) is 57.2 Å². The van der Waals surface area contributed by atoms with Gasteiger partial charge in [0.2, 0.25) is 0 Å². The topological polar surface area (TPSA) is 48.1 Å². The zero-order valence-electron chi connectivity index (χ0n) is 11.6. The Bertz CT molecular complexity index is 535. The summed E-state index contributed by atoms with van der Waals surface area (Å²) in [6.45, 7) is 6.04. The van der Waals surface area contributed by atoms with Crippen LogP contribution in [-0.4, -0.2) is 4.98 Å². The average molecular weight is 256 g/mol. The minimum Gasteiger partial charge on any atom is -0.483 e. The molecule has 3 nitrogen and oxygen atoms in total. The first kappa shape index (κ1) is 13.6. The first-order valence-corrected chi connectivity index (χ1v) is 6.45. The number of hydrogen-bond donors (Lipinski definition) is 1. The molecule has 0 aliphatic heterocycles. The van der Waals surface area contributed by atoms with Crippen molar-refractivity contribution in [1.29, 1.82) is 0 Å². The van der Waals surface area contributed by atoms with Gasteiger partial charge >= 0.3 is 0 Å². The van der Waals surface area contributed by atoms with E-state index >= 15 is 0 Å². The first-order chi connectivity index (χ1) is 9.00. The Morgan fingerprint density at radius 3 is 2.37 bits per heavy atom. The van der Waals surface area contributed by atoms with E-state index in [4.69, 9.17) is 10.5 Å². The maximum Gasteiger partial charge on any atom is 0.129 e. The summed E-state index contributed by atoms with van der Waals surface area (Å²) >= 11 is 0. The number of benzene rings is 1. The van der Waals surface area contributed by atoms with Crippen LogP contribution >= 0.6 is 0 Å². The Morgan fingerprint density at radius 2 is 1.74 bits per heavy atom. The highest BCUT2D eigenvalue weighted by molar-refractivity contribution is 5.36. The van der Waals surface area contributed by atoms with Crippen molar-refractivity contribution in [1.82, 2.24) is 4.98 Å². The summed E-state index contributed by atoms with van der Waals surface area (Å²) in [5.74, 6) is 0.833. The molecular weight excluding hydrogens is 236 g/mol. The van der Waals surface area contributed by atoms with Crippen molar-refractivity contribution in [2.24, 2.45) is 5.73 Å². The van der Waals surface area contributed by atoms with E-state index in [9.17, 15) is 0 Å². The smallest absolute Gasteiger partial charge is 0.129 e. The lowest BCUT2D eigenvalue weighted by Gasteiger charge is -2.28. The van der Waals surface area contributed by atoms with Crippen LogP contribution in [0.1, 0.15) is 37.9 Å². The van der Waals surface area contributed by atoms with Crippen molar-refractivity contribution in [2.45, 2.75) is 32.4 Å². The second-order valence-corrected chi connectivity index (χ2v) is 5.17. The van der Waals surface area contributed by atoms with Crippen molar-refractivity contribution in [3.63, 3.8) is 0 Å². The van der Waals surface area contributed by atoms with E-state index in [1.54, 1.807) is 12.4 Å². The predicted octanol–water partition coefficient (Wildman–Crippen LogP) is 3.42. The van der Waals surface area contributed by atoms with Gasteiger partial charge in [0, 0.05) is 24.0 Å². The fourth-order valence-electron chi connectivity index (χ4n) is 2.04. The van der Waals surface area contributed by atoms with Gasteiger partial charge in [0.15, 0.2) is 0 Å².